The molecule has 0 aliphatic carbocycles. The minimum atomic E-state index is 0.630. The molecule has 106 valence electrons. The van der Waals surface area contributed by atoms with Crippen LogP contribution in [-0.4, -0.2) is 22.4 Å². The maximum Gasteiger partial charge on any atom is 0.114 e. The molecule has 0 atom stereocenters. The first-order chi connectivity index (χ1) is 9.74. The van der Waals surface area contributed by atoms with Gasteiger partial charge in [0, 0.05) is 24.6 Å². The molecule has 20 heavy (non-hydrogen) atoms. The van der Waals surface area contributed by atoms with Gasteiger partial charge in [0.2, 0.25) is 0 Å². The van der Waals surface area contributed by atoms with Crippen LogP contribution in [0.4, 0.5) is 5.69 Å². The molecule has 0 unspecified atom stereocenters. The number of aryl methyl sites for hydroxylation is 1. The van der Waals surface area contributed by atoms with Crippen molar-refractivity contribution < 1.29 is 4.84 Å². The Labute approximate surface area is 119 Å². The Hall–Kier alpha value is -2.30. The molecule has 1 heterocycles. The van der Waals surface area contributed by atoms with Crippen molar-refractivity contribution in [2.45, 2.75) is 26.3 Å². The van der Waals surface area contributed by atoms with Crippen LogP contribution in [0.2, 0.25) is 0 Å². The SMILES string of the molecule is CCCn1ccnc1CC(=NOC)c1ccc(N)cc1. The predicted octanol–water partition coefficient (Wildman–Crippen LogP) is 2.47. The van der Waals surface area contributed by atoms with Crippen LogP contribution in [0, 0.1) is 0 Å². The molecule has 2 rings (SSSR count). The number of oxime groups is 1. The average molecular weight is 272 g/mol. The number of imidazole rings is 1. The maximum absolute atomic E-state index is 5.71. The fraction of sp³-hybridized carbons (Fsp3) is 0.333. The van der Waals surface area contributed by atoms with Crippen LogP contribution in [0.3, 0.4) is 0 Å². The summed E-state index contributed by atoms with van der Waals surface area (Å²) in [7, 11) is 1.55. The Kier molecular flexibility index (Phi) is 4.76. The van der Waals surface area contributed by atoms with Crippen molar-refractivity contribution in [1.82, 2.24) is 9.55 Å². The fourth-order valence-electron chi connectivity index (χ4n) is 2.07. The van der Waals surface area contributed by atoms with Gasteiger partial charge in [0.1, 0.15) is 12.9 Å². The smallest absolute Gasteiger partial charge is 0.114 e. The van der Waals surface area contributed by atoms with Gasteiger partial charge in [0.05, 0.1) is 12.1 Å². The van der Waals surface area contributed by atoms with Gasteiger partial charge in [-0.2, -0.15) is 0 Å². The Morgan fingerprint density at radius 2 is 2.10 bits per heavy atom. The third-order valence-electron chi connectivity index (χ3n) is 3.04. The van der Waals surface area contributed by atoms with Gasteiger partial charge in [-0.25, -0.2) is 4.98 Å². The molecule has 0 bridgehead atoms. The Morgan fingerprint density at radius 3 is 2.75 bits per heavy atom. The standard InChI is InChI=1S/C15H20N4O/c1-3-9-19-10-8-17-15(19)11-14(18-20-2)12-4-6-13(16)7-5-12/h4-8,10H,3,9,11,16H2,1-2H3. The number of aromatic nitrogens is 2. The largest absolute Gasteiger partial charge is 0.399 e. The highest BCUT2D eigenvalue weighted by atomic mass is 16.6. The van der Waals surface area contributed by atoms with Crippen LogP contribution >= 0.6 is 0 Å². The zero-order valence-electron chi connectivity index (χ0n) is 11.9. The first-order valence-corrected chi connectivity index (χ1v) is 6.70. The van der Waals surface area contributed by atoms with Gasteiger partial charge in [-0.15, -0.1) is 0 Å². The van der Waals surface area contributed by atoms with E-state index in [1.54, 1.807) is 7.11 Å². The molecule has 0 saturated carbocycles. The van der Waals surface area contributed by atoms with E-state index in [-0.39, 0.29) is 0 Å². The molecule has 0 aliphatic rings. The van der Waals surface area contributed by atoms with Gasteiger partial charge in [0.25, 0.3) is 0 Å². The quantitative estimate of drug-likeness (QED) is 0.499. The molecule has 0 fully saturated rings. The molecule has 5 heteroatoms. The normalized spacial score (nSPS) is 11.6. The molecule has 1 aromatic carbocycles. The average Bonchev–Trinajstić information content (AvgIpc) is 2.87. The van der Waals surface area contributed by atoms with Crippen LogP contribution in [0.5, 0.6) is 0 Å². The molecular weight excluding hydrogens is 252 g/mol. The number of benzene rings is 1. The second-order valence-electron chi connectivity index (χ2n) is 4.56. The van der Waals surface area contributed by atoms with Gasteiger partial charge in [0.15, 0.2) is 0 Å². The van der Waals surface area contributed by atoms with Crippen molar-refractivity contribution in [3.63, 3.8) is 0 Å². The lowest BCUT2D eigenvalue weighted by molar-refractivity contribution is 0.213. The van der Waals surface area contributed by atoms with Crippen LogP contribution in [-0.2, 0) is 17.8 Å². The molecule has 0 saturated heterocycles. The molecule has 2 N–H and O–H groups in total. The van der Waals surface area contributed by atoms with Crippen LogP contribution in [0.25, 0.3) is 0 Å². The van der Waals surface area contributed by atoms with E-state index in [4.69, 9.17) is 10.6 Å². The lowest BCUT2D eigenvalue weighted by Gasteiger charge is -2.09. The molecular formula is C15H20N4O. The van der Waals surface area contributed by atoms with Gasteiger partial charge in [-0.1, -0.05) is 24.2 Å². The fourth-order valence-corrected chi connectivity index (χ4v) is 2.07. The zero-order chi connectivity index (χ0) is 14.4. The summed E-state index contributed by atoms with van der Waals surface area (Å²) >= 11 is 0. The lowest BCUT2D eigenvalue weighted by atomic mass is 10.1. The van der Waals surface area contributed by atoms with E-state index in [2.05, 4.69) is 21.6 Å². The highest BCUT2D eigenvalue weighted by molar-refractivity contribution is 6.01. The summed E-state index contributed by atoms with van der Waals surface area (Å²) in [6.07, 6.45) is 5.51. The number of hydrogen-bond donors (Lipinski definition) is 1. The summed E-state index contributed by atoms with van der Waals surface area (Å²) in [4.78, 5) is 9.36. The van der Waals surface area contributed by atoms with Crippen LogP contribution in [0.1, 0.15) is 24.7 Å². The minimum absolute atomic E-state index is 0.630. The number of rotatable bonds is 6. The molecule has 0 aliphatic heterocycles. The predicted molar refractivity (Wildman–Crippen MR) is 80.6 cm³/mol. The third-order valence-corrected chi connectivity index (χ3v) is 3.04. The van der Waals surface area contributed by atoms with Gasteiger partial charge < -0.3 is 15.1 Å². The van der Waals surface area contributed by atoms with Crippen molar-refractivity contribution in [3.05, 3.63) is 48.0 Å². The highest BCUT2D eigenvalue weighted by Gasteiger charge is 2.10. The summed E-state index contributed by atoms with van der Waals surface area (Å²) in [6.45, 7) is 3.10. The third kappa shape index (κ3) is 3.38. The van der Waals surface area contributed by atoms with E-state index in [1.165, 1.54) is 0 Å². The number of nitrogen functional groups attached to an aromatic ring is 1. The molecule has 0 radical (unpaired) electrons. The molecule has 0 spiro atoms. The van der Waals surface area contributed by atoms with E-state index < -0.39 is 0 Å². The summed E-state index contributed by atoms with van der Waals surface area (Å²) < 4.78 is 2.14. The minimum Gasteiger partial charge on any atom is -0.399 e. The Bertz CT molecular complexity index is 572. The lowest BCUT2D eigenvalue weighted by Crippen LogP contribution is -2.12. The second kappa shape index (κ2) is 6.75. The van der Waals surface area contributed by atoms with E-state index in [0.717, 1.165) is 35.8 Å². The first-order valence-electron chi connectivity index (χ1n) is 6.70. The molecule has 0 amide bonds. The summed E-state index contributed by atoms with van der Waals surface area (Å²) in [5.74, 6) is 0.986. The van der Waals surface area contributed by atoms with E-state index in [9.17, 15) is 0 Å². The zero-order valence-corrected chi connectivity index (χ0v) is 11.9. The highest BCUT2D eigenvalue weighted by Crippen LogP contribution is 2.11. The number of hydrogen-bond acceptors (Lipinski definition) is 4. The number of nitrogens with zero attached hydrogens (tertiary/aromatic N) is 3. The molecule has 5 nitrogen and oxygen atoms in total. The monoisotopic (exact) mass is 272 g/mol. The summed E-state index contributed by atoms with van der Waals surface area (Å²) in [5.41, 5.74) is 8.28. The van der Waals surface area contributed by atoms with Gasteiger partial charge in [-0.05, 0) is 24.1 Å². The van der Waals surface area contributed by atoms with Gasteiger partial charge >= 0.3 is 0 Å². The number of anilines is 1. The topological polar surface area (TPSA) is 65.4 Å². The van der Waals surface area contributed by atoms with Crippen molar-refractivity contribution >= 4 is 11.4 Å². The summed E-state index contributed by atoms with van der Waals surface area (Å²) in [5, 5.41) is 4.12. The van der Waals surface area contributed by atoms with E-state index in [1.807, 2.05) is 36.7 Å². The van der Waals surface area contributed by atoms with Crippen molar-refractivity contribution in [3.8, 4) is 0 Å². The first kappa shape index (κ1) is 14.1. The molecule has 2 aromatic rings. The van der Waals surface area contributed by atoms with E-state index >= 15 is 0 Å². The Balaban J connectivity index is 2.24. The molecule has 1 aromatic heterocycles. The van der Waals surface area contributed by atoms with Gasteiger partial charge in [-0.3, -0.25) is 0 Å². The van der Waals surface area contributed by atoms with E-state index in [0.29, 0.717) is 6.42 Å². The van der Waals surface area contributed by atoms with Crippen molar-refractivity contribution in [2.75, 3.05) is 12.8 Å². The second-order valence-corrected chi connectivity index (χ2v) is 4.56. The van der Waals surface area contributed by atoms with Crippen molar-refractivity contribution in [2.24, 2.45) is 5.16 Å². The maximum atomic E-state index is 5.71. The van der Waals surface area contributed by atoms with Crippen LogP contribution in [0.15, 0.2) is 41.8 Å². The van der Waals surface area contributed by atoms with Crippen LogP contribution < -0.4 is 5.73 Å². The number of nitrogens with two attached hydrogens (primary N) is 1. The van der Waals surface area contributed by atoms with Crippen molar-refractivity contribution in [1.29, 1.82) is 0 Å². The Morgan fingerprint density at radius 1 is 1.35 bits per heavy atom. The summed E-state index contributed by atoms with van der Waals surface area (Å²) in [6, 6.07) is 7.61.